The Morgan fingerprint density at radius 3 is 2.40 bits per heavy atom. The molecule has 5 N–H and O–H groups in total. The highest BCUT2D eigenvalue weighted by atomic mass is 16.5. The van der Waals surface area contributed by atoms with Crippen LogP contribution in [0.4, 0.5) is 0 Å². The van der Waals surface area contributed by atoms with Crippen LogP contribution >= 0.6 is 0 Å². The van der Waals surface area contributed by atoms with Crippen LogP contribution in [0.1, 0.15) is 6.42 Å². The van der Waals surface area contributed by atoms with Crippen molar-refractivity contribution in [1.29, 1.82) is 0 Å². The van der Waals surface area contributed by atoms with Gasteiger partial charge in [-0.15, -0.1) is 0 Å². The van der Waals surface area contributed by atoms with Gasteiger partial charge in [-0.25, -0.2) is 5.48 Å². The van der Waals surface area contributed by atoms with E-state index in [1.54, 1.807) is 0 Å². The lowest BCUT2D eigenvalue weighted by atomic mass is 10.2. The summed E-state index contributed by atoms with van der Waals surface area (Å²) in [5, 5.41) is 16.5. The summed E-state index contributed by atoms with van der Waals surface area (Å²) in [4.78, 5) is 20.3. The highest BCUT2D eigenvalue weighted by Crippen LogP contribution is 1.88. The second-order valence-electron chi connectivity index (χ2n) is 1.66. The molecule has 1 unspecified atom stereocenters. The quantitative estimate of drug-likeness (QED) is 0.267. The average molecular weight is 148 g/mol. The Balaban J connectivity index is 3.72. The summed E-state index contributed by atoms with van der Waals surface area (Å²) >= 11 is 0. The molecule has 0 fully saturated rings. The predicted octanol–water partition coefficient (Wildman–Crippen LogP) is -2.27. The van der Waals surface area contributed by atoms with E-state index in [4.69, 9.17) is 10.3 Å². The average Bonchev–Trinajstić information content (AvgIpc) is 1.85. The molecule has 0 aromatic carbocycles. The number of rotatable bonds is 3. The Hall–Kier alpha value is -1.14. The number of hydrogen-bond donors (Lipinski definition) is 4. The summed E-state index contributed by atoms with van der Waals surface area (Å²) in [5.74, 6) is -1.85. The van der Waals surface area contributed by atoms with Gasteiger partial charge in [0.15, 0.2) is 0 Å². The van der Waals surface area contributed by atoms with E-state index in [9.17, 15) is 9.59 Å². The third kappa shape index (κ3) is 3.00. The standard InChI is InChI=1S/C4H8N2O4/c5-3(8)1-2(7)4(9)6-10/h2,7,10H,1H2,(H2,5,8)(H,6,9). The molecule has 0 rings (SSSR count). The summed E-state index contributed by atoms with van der Waals surface area (Å²) in [7, 11) is 0. The van der Waals surface area contributed by atoms with Gasteiger partial charge in [-0.05, 0) is 0 Å². The lowest BCUT2D eigenvalue weighted by molar-refractivity contribution is -0.140. The highest BCUT2D eigenvalue weighted by Gasteiger charge is 2.15. The first-order valence-electron chi connectivity index (χ1n) is 2.48. The fourth-order valence-corrected chi connectivity index (χ4v) is 0.358. The minimum absolute atomic E-state index is 0.494. The van der Waals surface area contributed by atoms with Gasteiger partial charge in [-0.1, -0.05) is 0 Å². The number of aliphatic hydroxyl groups excluding tert-OH is 1. The SMILES string of the molecule is NC(=O)CC(O)C(=O)NO. The van der Waals surface area contributed by atoms with Gasteiger partial charge in [-0.3, -0.25) is 14.8 Å². The van der Waals surface area contributed by atoms with Gasteiger partial charge in [0.2, 0.25) is 5.91 Å². The first-order chi connectivity index (χ1) is 4.57. The molecule has 0 bridgehead atoms. The molecule has 0 saturated carbocycles. The number of hydrogen-bond acceptors (Lipinski definition) is 4. The number of aliphatic hydroxyl groups is 1. The summed E-state index contributed by atoms with van der Waals surface area (Å²) in [6, 6.07) is 0. The van der Waals surface area contributed by atoms with Gasteiger partial charge in [0.05, 0.1) is 6.42 Å². The highest BCUT2D eigenvalue weighted by molar-refractivity contribution is 5.85. The van der Waals surface area contributed by atoms with E-state index in [1.807, 2.05) is 0 Å². The Labute approximate surface area is 56.6 Å². The van der Waals surface area contributed by atoms with Crippen molar-refractivity contribution in [2.24, 2.45) is 5.73 Å². The van der Waals surface area contributed by atoms with Crippen LogP contribution in [-0.2, 0) is 9.59 Å². The number of nitrogens with one attached hydrogen (secondary N) is 1. The van der Waals surface area contributed by atoms with Crippen molar-refractivity contribution in [2.75, 3.05) is 0 Å². The first-order valence-corrected chi connectivity index (χ1v) is 2.48. The topological polar surface area (TPSA) is 113 Å². The molecule has 0 aliphatic carbocycles. The van der Waals surface area contributed by atoms with Crippen LogP contribution in [0.5, 0.6) is 0 Å². The second-order valence-corrected chi connectivity index (χ2v) is 1.66. The third-order valence-electron chi connectivity index (χ3n) is 0.807. The molecule has 58 valence electrons. The first kappa shape index (κ1) is 8.86. The van der Waals surface area contributed by atoms with Gasteiger partial charge in [0, 0.05) is 0 Å². The van der Waals surface area contributed by atoms with Crippen molar-refractivity contribution >= 4 is 11.8 Å². The Kier molecular flexibility index (Phi) is 3.37. The molecular weight excluding hydrogens is 140 g/mol. The van der Waals surface area contributed by atoms with Crippen LogP contribution in [0.3, 0.4) is 0 Å². The lowest BCUT2D eigenvalue weighted by Crippen LogP contribution is -2.35. The van der Waals surface area contributed by atoms with Crippen LogP contribution in [0.25, 0.3) is 0 Å². The van der Waals surface area contributed by atoms with Gasteiger partial charge in [0.25, 0.3) is 5.91 Å². The summed E-state index contributed by atoms with van der Waals surface area (Å²) in [6.45, 7) is 0. The minimum Gasteiger partial charge on any atom is -0.383 e. The van der Waals surface area contributed by atoms with E-state index in [0.717, 1.165) is 0 Å². The van der Waals surface area contributed by atoms with E-state index in [2.05, 4.69) is 5.73 Å². The molecule has 0 aliphatic heterocycles. The largest absolute Gasteiger partial charge is 0.383 e. The second kappa shape index (κ2) is 3.80. The van der Waals surface area contributed by atoms with Gasteiger partial charge < -0.3 is 10.8 Å². The monoisotopic (exact) mass is 148 g/mol. The molecule has 2 amide bonds. The zero-order chi connectivity index (χ0) is 8.15. The van der Waals surface area contributed by atoms with Crippen molar-refractivity contribution in [3.8, 4) is 0 Å². The fourth-order valence-electron chi connectivity index (χ4n) is 0.358. The smallest absolute Gasteiger partial charge is 0.272 e. The molecule has 0 radical (unpaired) electrons. The molecule has 0 aromatic heterocycles. The summed E-state index contributed by atoms with van der Waals surface area (Å²) in [5.41, 5.74) is 5.80. The predicted molar refractivity (Wildman–Crippen MR) is 29.7 cm³/mol. The van der Waals surface area contributed by atoms with Crippen molar-refractivity contribution in [3.05, 3.63) is 0 Å². The molecule has 0 saturated heterocycles. The molecule has 1 atom stereocenters. The maximum atomic E-state index is 10.2. The normalized spacial score (nSPS) is 12.2. The number of primary amides is 1. The van der Waals surface area contributed by atoms with Crippen molar-refractivity contribution in [3.63, 3.8) is 0 Å². The third-order valence-corrected chi connectivity index (χ3v) is 0.807. The Morgan fingerprint density at radius 2 is 2.10 bits per heavy atom. The van der Waals surface area contributed by atoms with E-state index in [1.165, 1.54) is 5.48 Å². The molecule has 0 spiro atoms. The van der Waals surface area contributed by atoms with Crippen molar-refractivity contribution in [2.45, 2.75) is 12.5 Å². The number of hydroxylamine groups is 1. The number of nitrogens with two attached hydrogens (primary N) is 1. The zero-order valence-corrected chi connectivity index (χ0v) is 5.07. The number of carbonyl (C=O) groups excluding carboxylic acids is 2. The molecule has 0 aromatic rings. The molecule has 0 heterocycles. The van der Waals surface area contributed by atoms with E-state index in [0.29, 0.717) is 0 Å². The Bertz CT molecular complexity index is 146. The summed E-state index contributed by atoms with van der Waals surface area (Å²) < 4.78 is 0. The van der Waals surface area contributed by atoms with Gasteiger partial charge in [-0.2, -0.15) is 0 Å². The number of carbonyl (C=O) groups is 2. The molecule has 6 nitrogen and oxygen atoms in total. The maximum absolute atomic E-state index is 10.2. The number of amides is 2. The summed E-state index contributed by atoms with van der Waals surface area (Å²) in [6.07, 6.45) is -2.06. The van der Waals surface area contributed by atoms with Crippen molar-refractivity contribution in [1.82, 2.24) is 5.48 Å². The van der Waals surface area contributed by atoms with Crippen molar-refractivity contribution < 1.29 is 19.9 Å². The van der Waals surface area contributed by atoms with Crippen LogP contribution in [0.2, 0.25) is 0 Å². The molecule has 0 aliphatic rings. The van der Waals surface area contributed by atoms with Gasteiger partial charge >= 0.3 is 0 Å². The molecule has 10 heavy (non-hydrogen) atoms. The zero-order valence-electron chi connectivity index (χ0n) is 5.07. The van der Waals surface area contributed by atoms with Crippen LogP contribution in [-0.4, -0.2) is 28.2 Å². The van der Waals surface area contributed by atoms with E-state index < -0.39 is 24.3 Å². The van der Waals surface area contributed by atoms with E-state index >= 15 is 0 Å². The molecule has 6 heteroatoms. The fraction of sp³-hybridized carbons (Fsp3) is 0.500. The van der Waals surface area contributed by atoms with Crippen LogP contribution < -0.4 is 11.2 Å². The minimum atomic E-state index is -1.57. The molecular formula is C4H8N2O4. The van der Waals surface area contributed by atoms with Gasteiger partial charge in [0.1, 0.15) is 6.10 Å². The maximum Gasteiger partial charge on any atom is 0.272 e. The van der Waals surface area contributed by atoms with E-state index in [-0.39, 0.29) is 0 Å². The van der Waals surface area contributed by atoms with Crippen LogP contribution in [0.15, 0.2) is 0 Å². The van der Waals surface area contributed by atoms with Crippen LogP contribution in [0, 0.1) is 0 Å². The Morgan fingerprint density at radius 1 is 1.60 bits per heavy atom. The lowest BCUT2D eigenvalue weighted by Gasteiger charge is -2.03.